The van der Waals surface area contributed by atoms with E-state index in [-0.39, 0.29) is 5.91 Å². The van der Waals surface area contributed by atoms with Gasteiger partial charge in [-0.05, 0) is 36.4 Å². The molecule has 0 aliphatic rings. The molecule has 1 aromatic carbocycles. The summed E-state index contributed by atoms with van der Waals surface area (Å²) in [6.45, 7) is 6.78. The van der Waals surface area contributed by atoms with Gasteiger partial charge in [0.15, 0.2) is 0 Å². The van der Waals surface area contributed by atoms with Crippen molar-refractivity contribution in [2.45, 2.75) is 26.0 Å². The summed E-state index contributed by atoms with van der Waals surface area (Å²) in [5.41, 5.74) is 2.01. The van der Waals surface area contributed by atoms with Crippen LogP contribution in [0.15, 0.2) is 24.3 Å². The molecule has 0 heterocycles. The van der Waals surface area contributed by atoms with Gasteiger partial charge in [-0.2, -0.15) is 11.8 Å². The van der Waals surface area contributed by atoms with Crippen LogP contribution in [0.5, 0.6) is 0 Å². The molecule has 2 N–H and O–H groups in total. The zero-order valence-corrected chi connectivity index (χ0v) is 12.7. The van der Waals surface area contributed by atoms with Crippen molar-refractivity contribution in [2.24, 2.45) is 0 Å². The molecule has 0 unspecified atom stereocenters. The van der Waals surface area contributed by atoms with Crippen LogP contribution in [0.4, 0.5) is 0 Å². The Labute approximate surface area is 120 Å². The minimum absolute atomic E-state index is 0.00740. The van der Waals surface area contributed by atoms with Crippen LogP contribution in [0.1, 0.15) is 36.2 Å². The third kappa shape index (κ3) is 6.64. The Morgan fingerprint density at radius 2 is 1.84 bits per heavy atom. The zero-order chi connectivity index (χ0) is 13.9. The number of benzene rings is 1. The van der Waals surface area contributed by atoms with Gasteiger partial charge in [0.05, 0.1) is 0 Å². The Morgan fingerprint density at radius 1 is 1.11 bits per heavy atom. The average Bonchev–Trinajstić information content (AvgIpc) is 2.45. The fourth-order valence-electron chi connectivity index (χ4n) is 1.64. The summed E-state index contributed by atoms with van der Waals surface area (Å²) in [7, 11) is 0. The molecule has 0 atom stereocenters. The van der Waals surface area contributed by atoms with E-state index in [2.05, 4.69) is 24.5 Å². The first-order valence-electron chi connectivity index (χ1n) is 6.93. The van der Waals surface area contributed by atoms with Crippen LogP contribution in [0.2, 0.25) is 0 Å². The Morgan fingerprint density at radius 3 is 2.47 bits per heavy atom. The highest BCUT2D eigenvalue weighted by Gasteiger charge is 2.04. The molecule has 1 rings (SSSR count). The highest BCUT2D eigenvalue weighted by atomic mass is 32.2. The maximum atomic E-state index is 11.9. The number of carbonyl (C=O) groups is 1. The standard InChI is InChI=1S/C15H24N2OS/c1-3-9-16-10-11-17-15(18)14-7-5-13(6-8-14)12-19-4-2/h5-8,16H,3-4,9-12H2,1-2H3,(H,17,18). The summed E-state index contributed by atoms with van der Waals surface area (Å²) >= 11 is 1.89. The summed E-state index contributed by atoms with van der Waals surface area (Å²) in [4.78, 5) is 11.9. The van der Waals surface area contributed by atoms with E-state index in [1.807, 2.05) is 36.0 Å². The van der Waals surface area contributed by atoms with Crippen LogP contribution in [-0.4, -0.2) is 31.3 Å². The predicted octanol–water partition coefficient (Wildman–Crippen LogP) is 2.67. The molecule has 0 fully saturated rings. The smallest absolute Gasteiger partial charge is 0.251 e. The van der Waals surface area contributed by atoms with Crippen molar-refractivity contribution in [3.8, 4) is 0 Å². The van der Waals surface area contributed by atoms with E-state index in [1.165, 1.54) is 5.56 Å². The van der Waals surface area contributed by atoms with Crippen LogP contribution in [0.25, 0.3) is 0 Å². The van der Waals surface area contributed by atoms with Crippen molar-refractivity contribution < 1.29 is 4.79 Å². The van der Waals surface area contributed by atoms with Crippen LogP contribution in [0.3, 0.4) is 0 Å². The van der Waals surface area contributed by atoms with Crippen molar-refractivity contribution in [1.82, 2.24) is 10.6 Å². The van der Waals surface area contributed by atoms with E-state index in [4.69, 9.17) is 0 Å². The number of thioether (sulfide) groups is 1. The van der Waals surface area contributed by atoms with Crippen molar-refractivity contribution in [3.63, 3.8) is 0 Å². The second-order valence-corrected chi connectivity index (χ2v) is 5.61. The molecular weight excluding hydrogens is 256 g/mol. The van der Waals surface area contributed by atoms with E-state index in [1.54, 1.807) is 0 Å². The summed E-state index contributed by atoms with van der Waals surface area (Å²) in [6.07, 6.45) is 1.12. The molecule has 1 amide bonds. The molecule has 0 bridgehead atoms. The fraction of sp³-hybridized carbons (Fsp3) is 0.533. The maximum Gasteiger partial charge on any atom is 0.251 e. The summed E-state index contributed by atoms with van der Waals surface area (Å²) < 4.78 is 0. The van der Waals surface area contributed by atoms with Gasteiger partial charge in [0.1, 0.15) is 0 Å². The van der Waals surface area contributed by atoms with Crippen LogP contribution in [-0.2, 0) is 5.75 Å². The molecule has 0 aliphatic carbocycles. The van der Waals surface area contributed by atoms with Gasteiger partial charge in [0, 0.05) is 24.4 Å². The minimum atomic E-state index is 0.00740. The van der Waals surface area contributed by atoms with Gasteiger partial charge >= 0.3 is 0 Å². The quantitative estimate of drug-likeness (QED) is 0.683. The number of hydrogen-bond donors (Lipinski definition) is 2. The van der Waals surface area contributed by atoms with Crippen LogP contribution < -0.4 is 10.6 Å². The topological polar surface area (TPSA) is 41.1 Å². The SMILES string of the molecule is CCCNCCNC(=O)c1ccc(CSCC)cc1. The molecule has 0 aromatic heterocycles. The molecular formula is C15H24N2OS. The second kappa shape index (κ2) is 9.87. The number of nitrogens with one attached hydrogen (secondary N) is 2. The third-order valence-electron chi connectivity index (χ3n) is 2.70. The first-order chi connectivity index (χ1) is 9.27. The van der Waals surface area contributed by atoms with Crippen LogP contribution in [0, 0.1) is 0 Å². The highest BCUT2D eigenvalue weighted by molar-refractivity contribution is 7.98. The van der Waals surface area contributed by atoms with E-state index < -0.39 is 0 Å². The number of rotatable bonds is 9. The zero-order valence-electron chi connectivity index (χ0n) is 11.9. The van der Waals surface area contributed by atoms with E-state index >= 15 is 0 Å². The summed E-state index contributed by atoms with van der Waals surface area (Å²) in [5.74, 6) is 2.14. The first-order valence-corrected chi connectivity index (χ1v) is 8.09. The van der Waals surface area contributed by atoms with Crippen molar-refractivity contribution in [2.75, 3.05) is 25.4 Å². The monoisotopic (exact) mass is 280 g/mol. The molecule has 3 nitrogen and oxygen atoms in total. The van der Waals surface area contributed by atoms with Crippen molar-refractivity contribution in [1.29, 1.82) is 0 Å². The molecule has 106 valence electrons. The number of carbonyl (C=O) groups excluding carboxylic acids is 1. The lowest BCUT2D eigenvalue weighted by Gasteiger charge is -2.07. The fourth-order valence-corrected chi connectivity index (χ4v) is 2.27. The van der Waals surface area contributed by atoms with Gasteiger partial charge in [-0.25, -0.2) is 0 Å². The lowest BCUT2D eigenvalue weighted by Crippen LogP contribution is -2.32. The average molecular weight is 280 g/mol. The van der Waals surface area contributed by atoms with Gasteiger partial charge in [0.2, 0.25) is 0 Å². The van der Waals surface area contributed by atoms with Gasteiger partial charge in [-0.3, -0.25) is 4.79 Å². The molecule has 0 saturated heterocycles. The first kappa shape index (κ1) is 16.1. The maximum absolute atomic E-state index is 11.9. The molecule has 0 saturated carbocycles. The van der Waals surface area contributed by atoms with Crippen molar-refractivity contribution >= 4 is 17.7 Å². The molecule has 0 radical (unpaired) electrons. The summed E-state index contributed by atoms with van der Waals surface area (Å²) in [5, 5.41) is 6.17. The molecule has 0 aliphatic heterocycles. The van der Waals surface area contributed by atoms with Gasteiger partial charge in [-0.15, -0.1) is 0 Å². The lowest BCUT2D eigenvalue weighted by atomic mass is 10.1. The Hall–Kier alpha value is -1.00. The highest BCUT2D eigenvalue weighted by Crippen LogP contribution is 2.12. The largest absolute Gasteiger partial charge is 0.351 e. The Bertz CT molecular complexity index is 365. The van der Waals surface area contributed by atoms with E-state index in [0.717, 1.165) is 36.6 Å². The number of hydrogen-bond acceptors (Lipinski definition) is 3. The van der Waals surface area contributed by atoms with Crippen LogP contribution >= 0.6 is 11.8 Å². The second-order valence-electron chi connectivity index (χ2n) is 4.34. The van der Waals surface area contributed by atoms with Gasteiger partial charge in [0.25, 0.3) is 5.91 Å². The normalized spacial score (nSPS) is 10.4. The van der Waals surface area contributed by atoms with E-state index in [9.17, 15) is 4.79 Å². The van der Waals surface area contributed by atoms with E-state index in [0.29, 0.717) is 6.54 Å². The van der Waals surface area contributed by atoms with Gasteiger partial charge in [-0.1, -0.05) is 26.0 Å². The molecule has 0 spiro atoms. The predicted molar refractivity (Wildman–Crippen MR) is 83.8 cm³/mol. The Balaban J connectivity index is 2.32. The minimum Gasteiger partial charge on any atom is -0.351 e. The molecule has 4 heteroatoms. The van der Waals surface area contributed by atoms with Gasteiger partial charge < -0.3 is 10.6 Å². The van der Waals surface area contributed by atoms with Crippen molar-refractivity contribution in [3.05, 3.63) is 35.4 Å². The third-order valence-corrected chi connectivity index (χ3v) is 3.65. The molecule has 19 heavy (non-hydrogen) atoms. The Kier molecular flexibility index (Phi) is 8.34. The summed E-state index contributed by atoms with van der Waals surface area (Å²) in [6, 6.07) is 7.88. The lowest BCUT2D eigenvalue weighted by molar-refractivity contribution is 0.0954. The number of amides is 1. The molecule has 1 aromatic rings.